The fourth-order valence-corrected chi connectivity index (χ4v) is 4.18. The van der Waals surface area contributed by atoms with E-state index in [4.69, 9.17) is 9.47 Å². The summed E-state index contributed by atoms with van der Waals surface area (Å²) in [6, 6.07) is 16.2. The van der Waals surface area contributed by atoms with Crippen molar-refractivity contribution in [2.24, 2.45) is 0 Å². The summed E-state index contributed by atoms with van der Waals surface area (Å²) in [6.45, 7) is 0.279. The van der Waals surface area contributed by atoms with Gasteiger partial charge in [-0.05, 0) is 35.1 Å². The lowest BCUT2D eigenvalue weighted by Crippen LogP contribution is -2.46. The van der Waals surface area contributed by atoms with Crippen LogP contribution in [0.4, 0.5) is 4.79 Å². The quantitative estimate of drug-likeness (QED) is 0.583. The molecule has 8 heteroatoms. The molecule has 0 heterocycles. The average molecular weight is 438 g/mol. The summed E-state index contributed by atoms with van der Waals surface area (Å²) in [6.07, 6.45) is 0.351. The first-order chi connectivity index (χ1) is 15.4. The molecule has 2 aromatic rings. The molecule has 0 aromatic heterocycles. The number of nitrogens with one attached hydrogen (secondary N) is 1. The standard InChI is InChI=1S/C24H26N2O6/c1-26(24(10-11-24)22(28)29)21(27)15-31-13-12-25-23(30)32-14-20-18-8-4-2-6-16(18)17-7-3-5-9-19(17)20/h2-9,20H,10-15H2,1H3,(H,25,30)(H,28,29). The third-order valence-corrected chi connectivity index (χ3v) is 6.22. The summed E-state index contributed by atoms with van der Waals surface area (Å²) in [5.74, 6) is -1.40. The Bertz CT molecular complexity index is 987. The van der Waals surface area contributed by atoms with E-state index in [1.807, 2.05) is 24.3 Å². The van der Waals surface area contributed by atoms with Gasteiger partial charge in [-0.1, -0.05) is 48.5 Å². The Labute approximate surface area is 186 Å². The number of benzene rings is 2. The van der Waals surface area contributed by atoms with E-state index < -0.39 is 23.5 Å². The number of carbonyl (C=O) groups is 3. The summed E-state index contributed by atoms with van der Waals surface area (Å²) in [7, 11) is 1.47. The first-order valence-corrected chi connectivity index (χ1v) is 10.6. The van der Waals surface area contributed by atoms with Crippen LogP contribution in [-0.4, -0.2) is 66.9 Å². The number of alkyl carbamates (subject to hydrolysis) is 1. The first kappa shape index (κ1) is 21.8. The van der Waals surface area contributed by atoms with Gasteiger partial charge in [-0.3, -0.25) is 4.79 Å². The number of rotatable bonds is 9. The molecular formula is C24H26N2O6. The SMILES string of the molecule is CN(C(=O)COCCNC(=O)OCC1c2ccccc2-c2ccccc21)C1(C(=O)O)CC1. The van der Waals surface area contributed by atoms with E-state index in [-0.39, 0.29) is 32.3 Å². The van der Waals surface area contributed by atoms with Crippen LogP contribution in [0.25, 0.3) is 11.1 Å². The fourth-order valence-electron chi connectivity index (χ4n) is 4.18. The van der Waals surface area contributed by atoms with Gasteiger partial charge >= 0.3 is 12.1 Å². The number of carbonyl (C=O) groups excluding carboxylic acids is 2. The van der Waals surface area contributed by atoms with Gasteiger partial charge in [0.25, 0.3) is 0 Å². The van der Waals surface area contributed by atoms with Gasteiger partial charge in [-0.25, -0.2) is 9.59 Å². The van der Waals surface area contributed by atoms with Gasteiger partial charge in [0, 0.05) is 19.5 Å². The molecule has 0 unspecified atom stereocenters. The lowest BCUT2D eigenvalue weighted by atomic mass is 9.98. The molecule has 2 aliphatic rings. The number of ether oxygens (including phenoxy) is 2. The van der Waals surface area contributed by atoms with Crippen molar-refractivity contribution in [3.05, 3.63) is 59.7 Å². The fraction of sp³-hybridized carbons (Fsp3) is 0.375. The van der Waals surface area contributed by atoms with Crippen LogP contribution < -0.4 is 5.32 Å². The zero-order valence-electron chi connectivity index (χ0n) is 17.9. The number of fused-ring (bicyclic) bond motifs is 3. The molecule has 0 saturated heterocycles. The molecule has 1 fully saturated rings. The molecule has 0 atom stereocenters. The van der Waals surface area contributed by atoms with Crippen molar-refractivity contribution in [3.8, 4) is 11.1 Å². The van der Waals surface area contributed by atoms with Crippen molar-refractivity contribution in [2.45, 2.75) is 24.3 Å². The number of aliphatic carboxylic acids is 1. The lowest BCUT2D eigenvalue weighted by Gasteiger charge is -2.24. The maximum absolute atomic E-state index is 12.1. The minimum Gasteiger partial charge on any atom is -0.479 e. The van der Waals surface area contributed by atoms with E-state index >= 15 is 0 Å². The van der Waals surface area contributed by atoms with Crippen molar-refractivity contribution in [1.29, 1.82) is 0 Å². The van der Waals surface area contributed by atoms with Gasteiger partial charge < -0.3 is 24.8 Å². The molecule has 1 saturated carbocycles. The van der Waals surface area contributed by atoms with Gasteiger partial charge in [0.15, 0.2) is 0 Å². The van der Waals surface area contributed by atoms with Crippen LogP contribution in [0.15, 0.2) is 48.5 Å². The Morgan fingerprint density at radius 3 is 2.22 bits per heavy atom. The van der Waals surface area contributed by atoms with Crippen molar-refractivity contribution >= 4 is 18.0 Å². The Balaban J connectivity index is 1.19. The molecular weight excluding hydrogens is 412 g/mol. The van der Waals surface area contributed by atoms with E-state index in [9.17, 15) is 19.5 Å². The first-order valence-electron chi connectivity index (χ1n) is 10.6. The maximum atomic E-state index is 12.1. The molecule has 0 bridgehead atoms. The molecule has 2 aromatic carbocycles. The summed E-state index contributed by atoms with van der Waals surface area (Å²) in [5.41, 5.74) is 3.52. The highest BCUT2D eigenvalue weighted by Crippen LogP contribution is 2.44. The van der Waals surface area contributed by atoms with E-state index in [1.165, 1.54) is 11.9 Å². The van der Waals surface area contributed by atoms with Crippen LogP contribution >= 0.6 is 0 Å². The Morgan fingerprint density at radius 2 is 1.66 bits per heavy atom. The van der Waals surface area contributed by atoms with Crippen LogP contribution in [0.2, 0.25) is 0 Å². The second-order valence-electron chi connectivity index (χ2n) is 8.09. The van der Waals surface area contributed by atoms with E-state index in [0.29, 0.717) is 12.8 Å². The topological polar surface area (TPSA) is 105 Å². The molecule has 0 aliphatic heterocycles. The van der Waals surface area contributed by atoms with Crippen molar-refractivity contribution in [2.75, 3.05) is 33.4 Å². The van der Waals surface area contributed by atoms with Gasteiger partial charge in [-0.2, -0.15) is 0 Å². The number of likely N-dealkylation sites (N-methyl/N-ethyl adjacent to an activating group) is 1. The van der Waals surface area contributed by atoms with Gasteiger partial charge in [0.05, 0.1) is 6.61 Å². The van der Waals surface area contributed by atoms with E-state index in [1.54, 1.807) is 0 Å². The Morgan fingerprint density at radius 1 is 1.06 bits per heavy atom. The molecule has 32 heavy (non-hydrogen) atoms. The summed E-state index contributed by atoms with van der Waals surface area (Å²) in [4.78, 5) is 36.7. The van der Waals surface area contributed by atoms with Gasteiger partial charge in [0.2, 0.25) is 5.91 Å². The number of hydrogen-bond donors (Lipinski definition) is 2. The second-order valence-corrected chi connectivity index (χ2v) is 8.09. The minimum atomic E-state index is -1.08. The minimum absolute atomic E-state index is 0.0125. The molecule has 8 nitrogen and oxygen atoms in total. The van der Waals surface area contributed by atoms with Crippen molar-refractivity contribution in [3.63, 3.8) is 0 Å². The number of carboxylic acids is 1. The molecule has 2 aliphatic carbocycles. The zero-order chi connectivity index (χ0) is 22.7. The smallest absolute Gasteiger partial charge is 0.407 e. The van der Waals surface area contributed by atoms with E-state index in [0.717, 1.165) is 22.3 Å². The largest absolute Gasteiger partial charge is 0.479 e. The van der Waals surface area contributed by atoms with Crippen LogP contribution in [0.1, 0.15) is 29.9 Å². The zero-order valence-corrected chi connectivity index (χ0v) is 17.9. The van der Waals surface area contributed by atoms with E-state index in [2.05, 4.69) is 29.6 Å². The maximum Gasteiger partial charge on any atom is 0.407 e. The molecule has 0 radical (unpaired) electrons. The summed E-state index contributed by atoms with van der Waals surface area (Å²) in [5, 5.41) is 11.8. The predicted molar refractivity (Wildman–Crippen MR) is 116 cm³/mol. The number of carboxylic acid groups (broad SMARTS) is 1. The highest BCUT2D eigenvalue weighted by Gasteiger charge is 2.55. The van der Waals surface area contributed by atoms with Gasteiger partial charge in [-0.15, -0.1) is 0 Å². The normalized spacial score (nSPS) is 15.4. The number of amides is 2. The van der Waals surface area contributed by atoms with Crippen molar-refractivity contribution in [1.82, 2.24) is 10.2 Å². The molecule has 2 N–H and O–H groups in total. The molecule has 2 amide bonds. The van der Waals surface area contributed by atoms with Crippen LogP contribution in [0.3, 0.4) is 0 Å². The van der Waals surface area contributed by atoms with Crippen molar-refractivity contribution < 1.29 is 29.0 Å². The number of nitrogens with zero attached hydrogens (tertiary/aromatic N) is 1. The summed E-state index contributed by atoms with van der Waals surface area (Å²) < 4.78 is 10.7. The van der Waals surface area contributed by atoms with Crippen LogP contribution in [-0.2, 0) is 19.1 Å². The number of hydrogen-bond acceptors (Lipinski definition) is 5. The average Bonchev–Trinajstić information content (AvgIpc) is 3.55. The van der Waals surface area contributed by atoms with Gasteiger partial charge in [0.1, 0.15) is 18.8 Å². The molecule has 4 rings (SSSR count). The highest BCUT2D eigenvalue weighted by molar-refractivity contribution is 5.89. The Hall–Kier alpha value is -3.39. The lowest BCUT2D eigenvalue weighted by molar-refractivity contribution is -0.152. The van der Waals surface area contributed by atoms with Crippen LogP contribution in [0, 0.1) is 0 Å². The summed E-state index contributed by atoms with van der Waals surface area (Å²) >= 11 is 0. The Kier molecular flexibility index (Phi) is 6.14. The van der Waals surface area contributed by atoms with Crippen LogP contribution in [0.5, 0.6) is 0 Å². The monoisotopic (exact) mass is 438 g/mol. The third kappa shape index (κ3) is 4.18. The molecule has 0 spiro atoms. The third-order valence-electron chi connectivity index (χ3n) is 6.22. The highest BCUT2D eigenvalue weighted by atomic mass is 16.5. The predicted octanol–water partition coefficient (Wildman–Crippen LogP) is 2.62. The second kappa shape index (κ2) is 9.00. The molecule has 168 valence electrons.